The number of amides is 1. The number of benzene rings is 1. The Labute approximate surface area is 173 Å². The number of carbonyl (C=O) groups is 2. The smallest absolute Gasteiger partial charge is 0.223 e. The summed E-state index contributed by atoms with van der Waals surface area (Å²) in [7, 11) is 3.72. The third-order valence-corrected chi connectivity index (χ3v) is 5.80. The first-order chi connectivity index (χ1) is 13.7. The van der Waals surface area contributed by atoms with Gasteiger partial charge in [-0.05, 0) is 12.5 Å². The second-order valence-electron chi connectivity index (χ2n) is 8.96. The normalized spacial score (nSPS) is 16.0. The van der Waals surface area contributed by atoms with E-state index in [2.05, 4.69) is 21.8 Å². The van der Waals surface area contributed by atoms with Crippen molar-refractivity contribution >= 4 is 11.7 Å². The van der Waals surface area contributed by atoms with Crippen LogP contribution in [-0.4, -0.2) is 53.3 Å². The second-order valence-corrected chi connectivity index (χ2v) is 8.96. The zero-order valence-electron chi connectivity index (χ0n) is 18.2. The number of hydrogen-bond donors (Lipinski definition) is 1. The average molecular weight is 397 g/mol. The van der Waals surface area contributed by atoms with E-state index in [1.54, 1.807) is 7.05 Å². The number of carbonyl (C=O) groups excluding carboxylic acids is 2. The molecule has 0 saturated carbocycles. The van der Waals surface area contributed by atoms with E-state index in [9.17, 15) is 9.59 Å². The summed E-state index contributed by atoms with van der Waals surface area (Å²) in [5.41, 5.74) is 2.21. The molecule has 1 aliphatic heterocycles. The van der Waals surface area contributed by atoms with Gasteiger partial charge in [0.15, 0.2) is 5.78 Å². The maximum Gasteiger partial charge on any atom is 0.223 e. The highest BCUT2D eigenvalue weighted by atomic mass is 16.2. The number of Topliss-reactive ketones (excluding diaryl/α,β-unsaturated/α-hetero) is 1. The van der Waals surface area contributed by atoms with E-state index < -0.39 is 5.92 Å². The predicted octanol–water partition coefficient (Wildman–Crippen LogP) is 3.02. The Balaban J connectivity index is 2.01. The summed E-state index contributed by atoms with van der Waals surface area (Å²) < 4.78 is 2.19. The predicted molar refractivity (Wildman–Crippen MR) is 115 cm³/mol. The van der Waals surface area contributed by atoms with Crippen LogP contribution in [0.1, 0.15) is 43.4 Å². The van der Waals surface area contributed by atoms with Gasteiger partial charge >= 0.3 is 0 Å². The molecule has 6 nitrogen and oxygen atoms in total. The molecule has 0 radical (unpaired) electrons. The molecular formula is C23H32N4O2. The minimum Gasteiger partial charge on any atom is -0.359 e. The first-order valence-corrected chi connectivity index (χ1v) is 10.3. The highest BCUT2D eigenvalue weighted by Gasteiger charge is 2.35. The second kappa shape index (κ2) is 8.49. The summed E-state index contributed by atoms with van der Waals surface area (Å²) >= 11 is 0. The highest BCUT2D eigenvalue weighted by Crippen LogP contribution is 2.32. The Morgan fingerprint density at radius 2 is 1.83 bits per heavy atom. The Hall–Kier alpha value is -2.47. The van der Waals surface area contributed by atoms with E-state index in [1.807, 2.05) is 51.1 Å². The van der Waals surface area contributed by atoms with Gasteiger partial charge in [0.25, 0.3) is 0 Å². The van der Waals surface area contributed by atoms with Crippen LogP contribution in [0.5, 0.6) is 0 Å². The Morgan fingerprint density at radius 1 is 1.14 bits per heavy atom. The van der Waals surface area contributed by atoms with Crippen LogP contribution in [0.3, 0.4) is 0 Å². The lowest BCUT2D eigenvalue weighted by Gasteiger charge is -2.28. The van der Waals surface area contributed by atoms with E-state index in [4.69, 9.17) is 4.98 Å². The third kappa shape index (κ3) is 4.58. The van der Waals surface area contributed by atoms with Crippen LogP contribution in [0.4, 0.5) is 0 Å². The van der Waals surface area contributed by atoms with Crippen molar-refractivity contribution in [2.45, 2.75) is 40.2 Å². The SMILES string of the molecule is CNC(=O)[C@@H](CC(=O)c1nc(-c2ccccc2)n2c1CCN(C)CC2)C(C)(C)C. The molecule has 0 aliphatic carbocycles. The molecule has 0 fully saturated rings. The van der Waals surface area contributed by atoms with Gasteiger partial charge in [-0.2, -0.15) is 0 Å². The number of rotatable bonds is 5. The van der Waals surface area contributed by atoms with Crippen molar-refractivity contribution in [1.82, 2.24) is 19.8 Å². The van der Waals surface area contributed by atoms with E-state index in [1.165, 1.54) is 0 Å². The van der Waals surface area contributed by atoms with E-state index in [0.29, 0.717) is 5.69 Å². The summed E-state index contributed by atoms with van der Waals surface area (Å²) in [6.07, 6.45) is 0.939. The molecule has 1 aliphatic rings. The fourth-order valence-corrected chi connectivity index (χ4v) is 3.94. The van der Waals surface area contributed by atoms with Crippen LogP contribution in [0.25, 0.3) is 11.4 Å². The standard InChI is InChI=1S/C23H32N4O2/c1-23(2,3)17(22(29)24-4)15-19(28)20-18-11-12-26(5)13-14-27(18)21(25-20)16-9-7-6-8-10-16/h6-10,17H,11-15H2,1-5H3,(H,24,29)/t17-/m1/s1. The molecule has 1 aromatic heterocycles. The molecule has 0 bridgehead atoms. The summed E-state index contributed by atoms with van der Waals surface area (Å²) in [6, 6.07) is 10.0. The molecular weight excluding hydrogens is 364 g/mol. The Bertz CT molecular complexity index is 880. The van der Waals surface area contributed by atoms with Crippen molar-refractivity contribution < 1.29 is 9.59 Å². The van der Waals surface area contributed by atoms with Gasteiger partial charge < -0.3 is 14.8 Å². The fourth-order valence-electron chi connectivity index (χ4n) is 3.94. The van der Waals surface area contributed by atoms with Crippen LogP contribution < -0.4 is 5.32 Å². The minimum atomic E-state index is -0.397. The van der Waals surface area contributed by atoms with Gasteiger partial charge in [-0.1, -0.05) is 51.1 Å². The van der Waals surface area contributed by atoms with Gasteiger partial charge in [0.05, 0.1) is 11.6 Å². The van der Waals surface area contributed by atoms with Gasteiger partial charge in [0.1, 0.15) is 11.5 Å². The molecule has 1 atom stereocenters. The highest BCUT2D eigenvalue weighted by molar-refractivity contribution is 5.98. The third-order valence-electron chi connectivity index (χ3n) is 5.80. The number of fused-ring (bicyclic) bond motifs is 1. The molecule has 1 amide bonds. The van der Waals surface area contributed by atoms with Gasteiger partial charge in [-0.25, -0.2) is 4.98 Å². The lowest BCUT2D eigenvalue weighted by Crippen LogP contribution is -2.37. The van der Waals surface area contributed by atoms with Crippen molar-refractivity contribution in [3.05, 3.63) is 41.7 Å². The largest absolute Gasteiger partial charge is 0.359 e. The molecule has 2 aromatic rings. The lowest BCUT2D eigenvalue weighted by molar-refractivity contribution is -0.127. The van der Waals surface area contributed by atoms with Crippen LogP contribution in [0.2, 0.25) is 0 Å². The molecule has 6 heteroatoms. The molecule has 156 valence electrons. The molecule has 1 aromatic carbocycles. The quantitative estimate of drug-likeness (QED) is 0.789. The lowest BCUT2D eigenvalue weighted by atomic mass is 9.77. The molecule has 3 rings (SSSR count). The fraction of sp³-hybridized carbons (Fsp3) is 0.522. The summed E-state index contributed by atoms with van der Waals surface area (Å²) in [5.74, 6) is 0.292. The Kier molecular flexibility index (Phi) is 6.22. The van der Waals surface area contributed by atoms with Crippen LogP contribution in [0, 0.1) is 11.3 Å². The van der Waals surface area contributed by atoms with Crippen LogP contribution >= 0.6 is 0 Å². The van der Waals surface area contributed by atoms with E-state index in [0.717, 1.165) is 43.1 Å². The van der Waals surface area contributed by atoms with Crippen LogP contribution in [0.15, 0.2) is 30.3 Å². The zero-order valence-corrected chi connectivity index (χ0v) is 18.2. The number of imidazole rings is 1. The molecule has 0 saturated heterocycles. The van der Waals surface area contributed by atoms with Gasteiger partial charge in [0, 0.05) is 45.1 Å². The monoisotopic (exact) mass is 396 g/mol. The minimum absolute atomic E-state index is 0.0518. The summed E-state index contributed by atoms with van der Waals surface area (Å²) in [6.45, 7) is 8.60. The van der Waals surface area contributed by atoms with E-state index >= 15 is 0 Å². The molecule has 29 heavy (non-hydrogen) atoms. The number of nitrogens with one attached hydrogen (secondary N) is 1. The first-order valence-electron chi connectivity index (χ1n) is 10.3. The molecule has 2 heterocycles. The van der Waals surface area contributed by atoms with Crippen molar-refractivity contribution in [2.24, 2.45) is 11.3 Å². The zero-order chi connectivity index (χ0) is 21.2. The molecule has 0 unspecified atom stereocenters. The Morgan fingerprint density at radius 3 is 2.45 bits per heavy atom. The van der Waals surface area contributed by atoms with E-state index in [-0.39, 0.29) is 23.5 Å². The number of likely N-dealkylation sites (N-methyl/N-ethyl adjacent to an activating group) is 1. The van der Waals surface area contributed by atoms with Crippen molar-refractivity contribution in [1.29, 1.82) is 0 Å². The van der Waals surface area contributed by atoms with Crippen molar-refractivity contribution in [3.63, 3.8) is 0 Å². The number of hydrogen-bond acceptors (Lipinski definition) is 4. The van der Waals surface area contributed by atoms with Gasteiger partial charge in [0.2, 0.25) is 5.91 Å². The van der Waals surface area contributed by atoms with Gasteiger partial charge in [-0.15, -0.1) is 0 Å². The van der Waals surface area contributed by atoms with Crippen molar-refractivity contribution in [2.75, 3.05) is 27.2 Å². The topological polar surface area (TPSA) is 67.2 Å². The first kappa shape index (κ1) is 21.2. The molecule has 1 N–H and O–H groups in total. The summed E-state index contributed by atoms with van der Waals surface area (Å²) in [4.78, 5) is 32.9. The average Bonchev–Trinajstić information content (AvgIpc) is 2.95. The maximum atomic E-state index is 13.4. The van der Waals surface area contributed by atoms with Gasteiger partial charge in [-0.3, -0.25) is 9.59 Å². The number of ketones is 1. The van der Waals surface area contributed by atoms with Crippen LogP contribution in [-0.2, 0) is 17.8 Å². The number of nitrogens with zero attached hydrogens (tertiary/aromatic N) is 3. The maximum absolute atomic E-state index is 13.4. The summed E-state index contributed by atoms with van der Waals surface area (Å²) in [5, 5.41) is 2.71. The number of aromatic nitrogens is 2. The van der Waals surface area contributed by atoms with Crippen molar-refractivity contribution in [3.8, 4) is 11.4 Å². The molecule has 0 spiro atoms.